The third-order valence-corrected chi connectivity index (χ3v) is 1.69. The van der Waals surface area contributed by atoms with Gasteiger partial charge in [0.1, 0.15) is 12.6 Å². The maximum atomic E-state index is 10.5. The Morgan fingerprint density at radius 3 is 2.71 bits per heavy atom. The molecule has 0 saturated carbocycles. The summed E-state index contributed by atoms with van der Waals surface area (Å²) >= 11 is 5.75. The largest absolute Gasteiger partial charge is 0.302 e. The molecule has 70 valence electrons. The molecule has 0 atom stereocenters. The minimum Gasteiger partial charge on any atom is -0.302 e. The molecular formula is C11H7ClO2. The van der Waals surface area contributed by atoms with Crippen LogP contribution in [0.1, 0.15) is 22.3 Å². The van der Waals surface area contributed by atoms with Crippen molar-refractivity contribution < 1.29 is 9.59 Å². The van der Waals surface area contributed by atoms with E-state index in [0.717, 1.165) is 6.29 Å². The molecule has 1 aromatic rings. The maximum absolute atomic E-state index is 10.5. The van der Waals surface area contributed by atoms with Crippen LogP contribution in [0.3, 0.4) is 0 Å². The van der Waals surface area contributed by atoms with Gasteiger partial charge in [-0.15, -0.1) is 0 Å². The van der Waals surface area contributed by atoms with E-state index in [1.54, 1.807) is 18.2 Å². The van der Waals surface area contributed by atoms with Gasteiger partial charge in [0.2, 0.25) is 0 Å². The molecule has 2 nitrogen and oxygen atoms in total. The van der Waals surface area contributed by atoms with Crippen molar-refractivity contribution in [1.29, 1.82) is 0 Å². The fraction of sp³-hybridized carbons (Fsp3) is 0.0909. The lowest BCUT2D eigenvalue weighted by Gasteiger charge is -1.94. The molecule has 0 radical (unpaired) electrons. The summed E-state index contributed by atoms with van der Waals surface area (Å²) in [4.78, 5) is 20.5. The molecule has 0 heterocycles. The first-order chi connectivity index (χ1) is 6.76. The zero-order valence-electron chi connectivity index (χ0n) is 7.29. The van der Waals surface area contributed by atoms with Crippen molar-refractivity contribution in [1.82, 2.24) is 0 Å². The Morgan fingerprint density at radius 2 is 2.07 bits per heavy atom. The molecule has 0 aliphatic rings. The van der Waals surface area contributed by atoms with Crippen molar-refractivity contribution in [2.45, 2.75) is 6.42 Å². The molecule has 0 unspecified atom stereocenters. The Morgan fingerprint density at radius 1 is 1.29 bits per heavy atom. The van der Waals surface area contributed by atoms with Crippen LogP contribution in [0.15, 0.2) is 18.2 Å². The predicted molar refractivity (Wildman–Crippen MR) is 54.4 cm³/mol. The minimum atomic E-state index is 0.183. The van der Waals surface area contributed by atoms with Gasteiger partial charge in [0.15, 0.2) is 0 Å². The molecule has 0 spiro atoms. The van der Waals surface area contributed by atoms with Gasteiger partial charge in [0, 0.05) is 16.1 Å². The van der Waals surface area contributed by atoms with Crippen LogP contribution in [0.25, 0.3) is 0 Å². The van der Waals surface area contributed by atoms with Gasteiger partial charge in [-0.3, -0.25) is 4.79 Å². The van der Waals surface area contributed by atoms with Crippen LogP contribution in [0.2, 0.25) is 5.02 Å². The molecule has 0 N–H and O–H groups in total. The number of carbonyl (C=O) groups is 2. The monoisotopic (exact) mass is 206 g/mol. The van der Waals surface area contributed by atoms with E-state index >= 15 is 0 Å². The van der Waals surface area contributed by atoms with Crippen molar-refractivity contribution >= 4 is 24.2 Å². The van der Waals surface area contributed by atoms with Crippen molar-refractivity contribution in [2.24, 2.45) is 0 Å². The van der Waals surface area contributed by atoms with Crippen LogP contribution < -0.4 is 0 Å². The standard InChI is InChI=1S/C11H7ClO2/c12-11-6-9(3-1-2-4-13)5-10(7-11)8-14/h4-8H,2H2. The van der Waals surface area contributed by atoms with Crippen LogP contribution in [0.5, 0.6) is 0 Å². The summed E-state index contributed by atoms with van der Waals surface area (Å²) in [6, 6.07) is 4.82. The normalized spacial score (nSPS) is 8.64. The van der Waals surface area contributed by atoms with E-state index < -0.39 is 0 Å². The molecule has 14 heavy (non-hydrogen) atoms. The second kappa shape index (κ2) is 5.21. The summed E-state index contributed by atoms with van der Waals surface area (Å²) in [5.74, 6) is 5.37. The number of hydrogen-bond donors (Lipinski definition) is 0. The Bertz CT molecular complexity index is 413. The van der Waals surface area contributed by atoms with E-state index in [1.165, 1.54) is 0 Å². The molecule has 1 rings (SSSR count). The fourth-order valence-electron chi connectivity index (χ4n) is 0.947. The van der Waals surface area contributed by atoms with Crippen LogP contribution in [-0.2, 0) is 4.79 Å². The first kappa shape index (κ1) is 10.5. The van der Waals surface area contributed by atoms with Gasteiger partial charge in [-0.1, -0.05) is 23.4 Å². The summed E-state index contributed by atoms with van der Waals surface area (Å²) < 4.78 is 0. The highest BCUT2D eigenvalue weighted by Crippen LogP contribution is 2.13. The smallest absolute Gasteiger partial charge is 0.150 e. The average Bonchev–Trinajstić information content (AvgIpc) is 2.17. The van der Waals surface area contributed by atoms with Crippen LogP contribution >= 0.6 is 11.6 Å². The highest BCUT2D eigenvalue weighted by molar-refractivity contribution is 6.31. The van der Waals surface area contributed by atoms with Gasteiger partial charge in [-0.2, -0.15) is 0 Å². The fourth-order valence-corrected chi connectivity index (χ4v) is 1.19. The lowest BCUT2D eigenvalue weighted by molar-refractivity contribution is -0.107. The highest BCUT2D eigenvalue weighted by atomic mass is 35.5. The van der Waals surface area contributed by atoms with Crippen molar-refractivity contribution in [2.75, 3.05) is 0 Å². The van der Waals surface area contributed by atoms with E-state index in [9.17, 15) is 9.59 Å². The Labute approximate surface area is 86.9 Å². The molecule has 0 aromatic heterocycles. The topological polar surface area (TPSA) is 34.1 Å². The molecular weight excluding hydrogens is 200 g/mol. The van der Waals surface area contributed by atoms with E-state index in [1.807, 2.05) is 0 Å². The number of benzene rings is 1. The summed E-state index contributed by atoms with van der Waals surface area (Å²) in [6.07, 6.45) is 1.61. The molecule has 1 aromatic carbocycles. The lowest BCUT2D eigenvalue weighted by Crippen LogP contribution is -1.82. The predicted octanol–water partition coefficient (Wildman–Crippen LogP) is 2.09. The molecule has 0 saturated heterocycles. The van der Waals surface area contributed by atoms with Crippen LogP contribution in [-0.4, -0.2) is 12.6 Å². The van der Waals surface area contributed by atoms with Gasteiger partial charge >= 0.3 is 0 Å². The lowest BCUT2D eigenvalue weighted by atomic mass is 10.1. The van der Waals surface area contributed by atoms with Gasteiger partial charge in [0.25, 0.3) is 0 Å². The number of carbonyl (C=O) groups excluding carboxylic acids is 2. The number of aldehydes is 2. The zero-order valence-corrected chi connectivity index (χ0v) is 8.04. The first-order valence-corrected chi connectivity index (χ1v) is 4.32. The third kappa shape index (κ3) is 3.04. The van der Waals surface area contributed by atoms with Gasteiger partial charge < -0.3 is 4.79 Å². The third-order valence-electron chi connectivity index (χ3n) is 1.47. The average molecular weight is 207 g/mol. The van der Waals surface area contributed by atoms with Gasteiger partial charge in [0.05, 0.1) is 6.42 Å². The quantitative estimate of drug-likeness (QED) is 0.549. The SMILES string of the molecule is O=CCC#Cc1cc(Cl)cc(C=O)c1. The molecule has 3 heteroatoms. The van der Waals surface area contributed by atoms with E-state index in [-0.39, 0.29) is 6.42 Å². The Hall–Kier alpha value is -1.59. The second-order valence-corrected chi connectivity index (χ2v) is 3.00. The van der Waals surface area contributed by atoms with E-state index in [2.05, 4.69) is 11.8 Å². The molecule has 0 aliphatic heterocycles. The van der Waals surface area contributed by atoms with Crippen LogP contribution in [0.4, 0.5) is 0 Å². The number of rotatable bonds is 2. The Balaban J connectivity index is 2.99. The Kier molecular flexibility index (Phi) is 3.90. The minimum absolute atomic E-state index is 0.183. The number of halogens is 1. The number of hydrogen-bond acceptors (Lipinski definition) is 2. The van der Waals surface area contributed by atoms with Gasteiger partial charge in [-0.05, 0) is 18.2 Å². The van der Waals surface area contributed by atoms with Crippen molar-refractivity contribution in [3.63, 3.8) is 0 Å². The molecule has 0 bridgehead atoms. The van der Waals surface area contributed by atoms with Crippen LogP contribution in [0, 0.1) is 11.8 Å². The molecule has 0 amide bonds. The van der Waals surface area contributed by atoms with Crippen molar-refractivity contribution in [3.05, 3.63) is 34.3 Å². The summed E-state index contributed by atoms with van der Waals surface area (Å²) in [5.41, 5.74) is 1.12. The summed E-state index contributed by atoms with van der Waals surface area (Å²) in [5, 5.41) is 0.463. The van der Waals surface area contributed by atoms with E-state index in [4.69, 9.17) is 11.6 Å². The van der Waals surface area contributed by atoms with E-state index in [0.29, 0.717) is 22.4 Å². The summed E-state index contributed by atoms with van der Waals surface area (Å²) in [6.45, 7) is 0. The molecule has 0 aliphatic carbocycles. The van der Waals surface area contributed by atoms with Crippen molar-refractivity contribution in [3.8, 4) is 11.8 Å². The highest BCUT2D eigenvalue weighted by Gasteiger charge is 1.95. The zero-order chi connectivity index (χ0) is 10.4. The van der Waals surface area contributed by atoms with Gasteiger partial charge in [-0.25, -0.2) is 0 Å². The molecule has 0 fully saturated rings. The maximum Gasteiger partial charge on any atom is 0.150 e. The second-order valence-electron chi connectivity index (χ2n) is 2.56. The first-order valence-electron chi connectivity index (χ1n) is 3.94. The summed E-state index contributed by atoms with van der Waals surface area (Å²) in [7, 11) is 0.